The smallest absolute Gasteiger partial charge is 0.118 e. The van der Waals surface area contributed by atoms with Crippen LogP contribution in [0.5, 0.6) is 5.75 Å². The third kappa shape index (κ3) is 3.02. The molecule has 0 saturated carbocycles. The van der Waals surface area contributed by atoms with Gasteiger partial charge in [-0.25, -0.2) is 0 Å². The van der Waals surface area contributed by atoms with E-state index >= 15 is 0 Å². The lowest BCUT2D eigenvalue weighted by molar-refractivity contribution is 0.414. The van der Waals surface area contributed by atoms with Crippen LogP contribution >= 0.6 is 0 Å². The van der Waals surface area contributed by atoms with Gasteiger partial charge in [0.15, 0.2) is 0 Å². The molecule has 0 atom stereocenters. The summed E-state index contributed by atoms with van der Waals surface area (Å²) in [5.74, 6) is 1.53. The highest BCUT2D eigenvalue weighted by atomic mass is 16.5. The highest BCUT2D eigenvalue weighted by Gasteiger charge is 2.17. The average molecular weight is 271 g/mol. The van der Waals surface area contributed by atoms with E-state index < -0.39 is 0 Å². The van der Waals surface area contributed by atoms with Crippen molar-refractivity contribution in [1.29, 1.82) is 0 Å². The van der Waals surface area contributed by atoms with E-state index in [2.05, 4.69) is 33.7 Å². The zero-order chi connectivity index (χ0) is 13.8. The zero-order valence-corrected chi connectivity index (χ0v) is 11.9. The minimum Gasteiger partial charge on any atom is -0.497 e. The van der Waals surface area contributed by atoms with E-state index in [-0.39, 0.29) is 0 Å². The first-order valence-electron chi connectivity index (χ1n) is 7.23. The molecule has 3 rings (SSSR count). The Bertz CT molecular complexity index is 541. The van der Waals surface area contributed by atoms with Crippen molar-refractivity contribution < 1.29 is 4.74 Å². The molecule has 0 unspecified atom stereocenters. The van der Waals surface area contributed by atoms with Gasteiger partial charge in [-0.15, -0.1) is 0 Å². The fourth-order valence-corrected chi connectivity index (χ4v) is 2.77. The standard InChI is InChI=1S/C16H21N3O/c1-20-15-4-2-12(3-5-15)10-14-11-16(19-18-14)13-6-8-17-9-7-13/h2-5,11,13,17H,6-10H2,1H3,(H,18,19). The quantitative estimate of drug-likeness (QED) is 0.898. The van der Waals surface area contributed by atoms with Gasteiger partial charge in [-0.3, -0.25) is 5.10 Å². The number of nitrogens with zero attached hydrogens (tertiary/aromatic N) is 1. The molecule has 2 aromatic rings. The van der Waals surface area contributed by atoms with E-state index in [0.29, 0.717) is 5.92 Å². The Hall–Kier alpha value is -1.81. The lowest BCUT2D eigenvalue weighted by Crippen LogP contribution is -2.26. The summed E-state index contributed by atoms with van der Waals surface area (Å²) in [6.07, 6.45) is 3.26. The Balaban J connectivity index is 1.66. The molecule has 1 saturated heterocycles. The van der Waals surface area contributed by atoms with Gasteiger partial charge in [0.25, 0.3) is 0 Å². The van der Waals surface area contributed by atoms with Gasteiger partial charge in [-0.2, -0.15) is 5.10 Å². The molecule has 4 nitrogen and oxygen atoms in total. The fraction of sp³-hybridized carbons (Fsp3) is 0.438. The molecule has 20 heavy (non-hydrogen) atoms. The van der Waals surface area contributed by atoms with Gasteiger partial charge in [0, 0.05) is 18.0 Å². The Morgan fingerprint density at radius 3 is 2.65 bits per heavy atom. The number of hydrogen-bond donors (Lipinski definition) is 2. The summed E-state index contributed by atoms with van der Waals surface area (Å²) < 4.78 is 5.18. The largest absolute Gasteiger partial charge is 0.497 e. The summed E-state index contributed by atoms with van der Waals surface area (Å²) >= 11 is 0. The van der Waals surface area contributed by atoms with Crippen LogP contribution in [0.25, 0.3) is 0 Å². The second-order valence-corrected chi connectivity index (χ2v) is 5.36. The molecular weight excluding hydrogens is 250 g/mol. The van der Waals surface area contributed by atoms with E-state index in [4.69, 9.17) is 4.74 Å². The fourth-order valence-electron chi connectivity index (χ4n) is 2.77. The number of hydrogen-bond acceptors (Lipinski definition) is 3. The predicted octanol–water partition coefficient (Wildman–Crippen LogP) is 2.48. The van der Waals surface area contributed by atoms with Crippen LogP contribution < -0.4 is 10.1 Å². The zero-order valence-electron chi connectivity index (χ0n) is 11.9. The number of rotatable bonds is 4. The van der Waals surface area contributed by atoms with Gasteiger partial charge in [0.05, 0.1) is 12.8 Å². The molecule has 1 aromatic carbocycles. The first kappa shape index (κ1) is 13.2. The molecule has 1 aliphatic heterocycles. The highest BCUT2D eigenvalue weighted by molar-refractivity contribution is 5.30. The van der Waals surface area contributed by atoms with E-state index in [9.17, 15) is 0 Å². The minimum absolute atomic E-state index is 0.633. The van der Waals surface area contributed by atoms with Gasteiger partial charge in [0.2, 0.25) is 0 Å². The van der Waals surface area contributed by atoms with Crippen LogP contribution in [0.3, 0.4) is 0 Å². The first-order chi connectivity index (χ1) is 9.85. The van der Waals surface area contributed by atoms with Crippen LogP contribution in [0, 0.1) is 0 Å². The molecule has 0 radical (unpaired) electrons. The molecule has 1 aromatic heterocycles. The van der Waals surface area contributed by atoms with E-state index in [1.165, 1.54) is 24.1 Å². The van der Waals surface area contributed by atoms with Crippen LogP contribution in [0.15, 0.2) is 30.3 Å². The molecule has 0 spiro atoms. The molecule has 2 heterocycles. The Kier molecular flexibility index (Phi) is 4.02. The van der Waals surface area contributed by atoms with Crippen molar-refractivity contribution in [3.05, 3.63) is 47.3 Å². The van der Waals surface area contributed by atoms with Crippen molar-refractivity contribution in [2.24, 2.45) is 0 Å². The number of piperidine rings is 1. The van der Waals surface area contributed by atoms with Crippen LogP contribution in [-0.2, 0) is 6.42 Å². The monoisotopic (exact) mass is 271 g/mol. The summed E-state index contributed by atoms with van der Waals surface area (Å²) in [6.45, 7) is 2.22. The highest BCUT2D eigenvalue weighted by Crippen LogP contribution is 2.24. The van der Waals surface area contributed by atoms with Crippen molar-refractivity contribution in [1.82, 2.24) is 15.5 Å². The molecule has 0 amide bonds. The number of H-pyrrole nitrogens is 1. The summed E-state index contributed by atoms with van der Waals surface area (Å²) in [5, 5.41) is 11.1. The summed E-state index contributed by atoms with van der Waals surface area (Å²) in [4.78, 5) is 0. The second-order valence-electron chi connectivity index (χ2n) is 5.36. The van der Waals surface area contributed by atoms with Gasteiger partial charge >= 0.3 is 0 Å². The lowest BCUT2D eigenvalue weighted by atomic mass is 9.94. The van der Waals surface area contributed by atoms with Crippen LogP contribution in [0.1, 0.15) is 35.7 Å². The van der Waals surface area contributed by atoms with E-state index in [1.807, 2.05) is 12.1 Å². The van der Waals surface area contributed by atoms with Crippen LogP contribution in [-0.4, -0.2) is 30.4 Å². The topological polar surface area (TPSA) is 49.9 Å². The number of benzene rings is 1. The maximum Gasteiger partial charge on any atom is 0.118 e. The number of aromatic amines is 1. The molecule has 106 valence electrons. The van der Waals surface area contributed by atoms with Gasteiger partial charge < -0.3 is 10.1 Å². The third-order valence-corrected chi connectivity index (χ3v) is 3.97. The molecule has 1 fully saturated rings. The van der Waals surface area contributed by atoms with Crippen molar-refractivity contribution in [3.63, 3.8) is 0 Å². The van der Waals surface area contributed by atoms with E-state index in [1.54, 1.807) is 7.11 Å². The summed E-state index contributed by atoms with van der Waals surface area (Å²) in [7, 11) is 1.69. The van der Waals surface area contributed by atoms with Crippen molar-refractivity contribution in [3.8, 4) is 5.75 Å². The van der Waals surface area contributed by atoms with Gasteiger partial charge in [0.1, 0.15) is 5.75 Å². The second kappa shape index (κ2) is 6.09. The Labute approximate surface area is 119 Å². The number of nitrogens with one attached hydrogen (secondary N) is 2. The number of methoxy groups -OCH3 is 1. The number of ether oxygens (including phenoxy) is 1. The minimum atomic E-state index is 0.633. The molecule has 0 aliphatic carbocycles. The Morgan fingerprint density at radius 1 is 1.20 bits per heavy atom. The van der Waals surface area contributed by atoms with Crippen LogP contribution in [0.4, 0.5) is 0 Å². The average Bonchev–Trinajstić information content (AvgIpc) is 2.97. The van der Waals surface area contributed by atoms with Crippen molar-refractivity contribution >= 4 is 0 Å². The lowest BCUT2D eigenvalue weighted by Gasteiger charge is -2.20. The first-order valence-corrected chi connectivity index (χ1v) is 7.23. The van der Waals surface area contributed by atoms with Crippen LogP contribution in [0.2, 0.25) is 0 Å². The molecule has 0 bridgehead atoms. The van der Waals surface area contributed by atoms with E-state index in [0.717, 1.165) is 31.0 Å². The van der Waals surface area contributed by atoms with Gasteiger partial charge in [-0.1, -0.05) is 12.1 Å². The molecule has 4 heteroatoms. The summed E-state index contributed by atoms with van der Waals surface area (Å²) in [5.41, 5.74) is 3.66. The number of aromatic nitrogens is 2. The Morgan fingerprint density at radius 2 is 1.95 bits per heavy atom. The van der Waals surface area contributed by atoms with Crippen molar-refractivity contribution in [2.75, 3.05) is 20.2 Å². The molecule has 1 aliphatic rings. The van der Waals surface area contributed by atoms with Gasteiger partial charge in [-0.05, 0) is 49.7 Å². The predicted molar refractivity (Wildman–Crippen MR) is 79.2 cm³/mol. The maximum atomic E-state index is 5.18. The normalized spacial score (nSPS) is 16.2. The maximum absolute atomic E-state index is 5.18. The summed E-state index contributed by atoms with van der Waals surface area (Å²) in [6, 6.07) is 10.4. The van der Waals surface area contributed by atoms with Crippen molar-refractivity contribution in [2.45, 2.75) is 25.2 Å². The molecular formula is C16H21N3O. The third-order valence-electron chi connectivity index (χ3n) is 3.97. The molecule has 2 N–H and O–H groups in total. The SMILES string of the molecule is COc1ccc(Cc2cc(C3CCNCC3)[nH]n2)cc1.